The number of nitrogens with one attached hydrogen (secondary N) is 1. The number of hydrogen-bond acceptors (Lipinski definition) is 6. The molecule has 8 heteroatoms. The zero-order valence-electron chi connectivity index (χ0n) is 18.9. The summed E-state index contributed by atoms with van der Waals surface area (Å²) >= 11 is 1.20. The van der Waals surface area contributed by atoms with Crippen LogP contribution >= 0.6 is 11.8 Å². The molecule has 0 bridgehead atoms. The molecule has 3 aromatic carbocycles. The number of nitriles is 1. The summed E-state index contributed by atoms with van der Waals surface area (Å²) in [7, 11) is 0. The number of H-pyrrole nitrogens is 1. The zero-order valence-corrected chi connectivity index (χ0v) is 19.7. The van der Waals surface area contributed by atoms with Crippen molar-refractivity contribution in [2.75, 3.05) is 5.75 Å². The van der Waals surface area contributed by atoms with Crippen molar-refractivity contribution in [3.8, 4) is 6.07 Å². The van der Waals surface area contributed by atoms with Gasteiger partial charge in [0.1, 0.15) is 17.4 Å². The Kier molecular flexibility index (Phi) is 6.08. The number of aliphatic hydroxyl groups is 1. The van der Waals surface area contributed by atoms with Gasteiger partial charge in [-0.15, -0.1) is 0 Å². The Labute approximate surface area is 205 Å². The van der Waals surface area contributed by atoms with E-state index < -0.39 is 0 Å². The van der Waals surface area contributed by atoms with Gasteiger partial charge in [0.05, 0.1) is 34.2 Å². The lowest BCUT2D eigenvalue weighted by molar-refractivity contribution is 0.420. The summed E-state index contributed by atoms with van der Waals surface area (Å²) in [4.78, 5) is 25.5. The number of fused-ring (bicyclic) bond motifs is 2. The summed E-state index contributed by atoms with van der Waals surface area (Å²) < 4.78 is 1.61. The Morgan fingerprint density at radius 2 is 1.74 bits per heavy atom. The van der Waals surface area contributed by atoms with Gasteiger partial charge in [-0.05, 0) is 36.8 Å². The van der Waals surface area contributed by atoms with Crippen LogP contribution in [0.15, 0.2) is 88.5 Å². The van der Waals surface area contributed by atoms with Crippen LogP contribution in [0.3, 0.4) is 0 Å². The number of aromatic amines is 1. The molecule has 5 rings (SSSR count). The van der Waals surface area contributed by atoms with Crippen LogP contribution in [0.1, 0.15) is 17.0 Å². The third kappa shape index (κ3) is 4.54. The molecule has 2 N–H and O–H groups in total. The lowest BCUT2D eigenvalue weighted by Crippen LogP contribution is -2.24. The average Bonchev–Trinajstić information content (AvgIpc) is 3.30. The van der Waals surface area contributed by atoms with Crippen molar-refractivity contribution in [1.29, 1.82) is 5.26 Å². The van der Waals surface area contributed by atoms with Gasteiger partial charge in [0.25, 0.3) is 5.56 Å². The molecule has 5 aromatic rings. The maximum absolute atomic E-state index is 13.3. The molecular weight excluding hydrogens is 458 g/mol. The van der Waals surface area contributed by atoms with Crippen LogP contribution in [0.5, 0.6) is 0 Å². The molecule has 2 aromatic heterocycles. The predicted octanol–water partition coefficient (Wildman–Crippen LogP) is 5.21. The summed E-state index contributed by atoms with van der Waals surface area (Å²) in [5.74, 6) is 0.217. The number of rotatable bonds is 6. The molecule has 2 heterocycles. The minimum absolute atomic E-state index is 0.0542. The van der Waals surface area contributed by atoms with E-state index in [1.165, 1.54) is 11.8 Å². The molecule has 35 heavy (non-hydrogen) atoms. The quantitative estimate of drug-likeness (QED) is 0.150. The van der Waals surface area contributed by atoms with E-state index in [0.717, 1.165) is 16.6 Å². The second kappa shape index (κ2) is 9.49. The minimum Gasteiger partial charge on any atom is -0.510 e. The normalized spacial score (nSPS) is 12.0. The number of allylic oxidation sites excluding steroid dienone is 1. The highest BCUT2D eigenvalue weighted by molar-refractivity contribution is 7.99. The molecule has 0 saturated carbocycles. The number of nitrogens with zero attached hydrogens (tertiary/aromatic N) is 4. The number of aliphatic hydroxyl groups excluding tert-OH is 1. The van der Waals surface area contributed by atoms with Crippen molar-refractivity contribution < 1.29 is 5.11 Å². The molecule has 0 aliphatic rings. The zero-order chi connectivity index (χ0) is 24.4. The highest BCUT2D eigenvalue weighted by Gasteiger charge is 2.17. The highest BCUT2D eigenvalue weighted by Crippen LogP contribution is 2.25. The van der Waals surface area contributed by atoms with Crippen molar-refractivity contribution in [3.05, 3.63) is 106 Å². The average molecular weight is 480 g/mol. The maximum atomic E-state index is 13.3. The van der Waals surface area contributed by atoms with Crippen molar-refractivity contribution in [3.63, 3.8) is 0 Å². The molecule has 0 amide bonds. The summed E-state index contributed by atoms with van der Waals surface area (Å²) in [6.07, 6.45) is 0. The van der Waals surface area contributed by atoms with E-state index in [1.54, 1.807) is 16.7 Å². The minimum atomic E-state index is -0.153. The number of thioether (sulfide) groups is 1. The second-order valence-electron chi connectivity index (χ2n) is 8.11. The summed E-state index contributed by atoms with van der Waals surface area (Å²) in [5, 5.41) is 21.5. The maximum Gasteiger partial charge on any atom is 0.262 e. The van der Waals surface area contributed by atoms with Crippen molar-refractivity contribution >= 4 is 39.3 Å². The van der Waals surface area contributed by atoms with E-state index in [2.05, 4.69) is 9.97 Å². The van der Waals surface area contributed by atoms with E-state index in [-0.39, 0.29) is 22.6 Å². The fourth-order valence-electron chi connectivity index (χ4n) is 3.80. The monoisotopic (exact) mass is 479 g/mol. The van der Waals surface area contributed by atoms with Crippen molar-refractivity contribution in [1.82, 2.24) is 19.5 Å². The predicted molar refractivity (Wildman–Crippen MR) is 138 cm³/mol. The molecule has 0 aliphatic carbocycles. The van der Waals surface area contributed by atoms with Gasteiger partial charge in [0.2, 0.25) is 0 Å². The van der Waals surface area contributed by atoms with E-state index >= 15 is 0 Å². The first-order valence-corrected chi connectivity index (χ1v) is 12.0. The lowest BCUT2D eigenvalue weighted by atomic mass is 10.1. The van der Waals surface area contributed by atoms with Gasteiger partial charge in [-0.25, -0.2) is 9.97 Å². The number of aryl methyl sites for hydroxylation is 1. The SMILES string of the molecule is Cc1ccc(Cn2c(SCC(O)=C(C#N)c3nc4ccccc4[nH]3)nc3ccccc3c2=O)cc1. The van der Waals surface area contributed by atoms with Crippen molar-refractivity contribution in [2.24, 2.45) is 0 Å². The molecule has 0 fully saturated rings. The second-order valence-corrected chi connectivity index (χ2v) is 9.06. The Morgan fingerprint density at radius 1 is 1.03 bits per heavy atom. The molecule has 0 radical (unpaired) electrons. The van der Waals surface area contributed by atoms with Crippen LogP contribution in [0.25, 0.3) is 27.5 Å². The highest BCUT2D eigenvalue weighted by atomic mass is 32.2. The first kappa shape index (κ1) is 22.4. The molecule has 0 unspecified atom stereocenters. The molecule has 0 atom stereocenters. The number of para-hydroxylation sites is 3. The standard InChI is InChI=1S/C27H21N5O2S/c1-17-10-12-18(13-11-17)15-32-26(34)19-6-2-3-7-21(19)31-27(32)35-16-24(33)20(14-28)25-29-22-8-4-5-9-23(22)30-25/h2-13,33H,15-16H2,1H3,(H,29,30). The van der Waals surface area contributed by atoms with Crippen LogP contribution in [0, 0.1) is 18.3 Å². The molecule has 172 valence electrons. The van der Waals surface area contributed by atoms with Gasteiger partial charge in [-0.1, -0.05) is 65.9 Å². The van der Waals surface area contributed by atoms with Crippen LogP contribution in [-0.4, -0.2) is 30.4 Å². The van der Waals surface area contributed by atoms with E-state index in [0.29, 0.717) is 33.9 Å². The van der Waals surface area contributed by atoms with Crippen LogP contribution in [0.2, 0.25) is 0 Å². The third-order valence-electron chi connectivity index (χ3n) is 5.65. The number of imidazole rings is 1. The Balaban J connectivity index is 1.51. The molecule has 0 saturated heterocycles. The third-order valence-corrected chi connectivity index (χ3v) is 6.64. The Morgan fingerprint density at radius 3 is 2.49 bits per heavy atom. The number of benzene rings is 3. The van der Waals surface area contributed by atoms with Crippen LogP contribution < -0.4 is 5.56 Å². The topological polar surface area (TPSA) is 108 Å². The molecule has 0 aliphatic heterocycles. The van der Waals surface area contributed by atoms with E-state index in [9.17, 15) is 15.2 Å². The summed E-state index contributed by atoms with van der Waals surface area (Å²) in [5.41, 5.74) is 4.08. The van der Waals surface area contributed by atoms with Gasteiger partial charge in [0, 0.05) is 0 Å². The van der Waals surface area contributed by atoms with Gasteiger partial charge in [-0.3, -0.25) is 9.36 Å². The summed E-state index contributed by atoms with van der Waals surface area (Å²) in [6, 6.07) is 24.6. The Bertz CT molecular complexity index is 1640. The fraction of sp³-hybridized carbons (Fsp3) is 0.111. The van der Waals surface area contributed by atoms with Gasteiger partial charge in [0.15, 0.2) is 11.0 Å². The molecular formula is C27H21N5O2S. The smallest absolute Gasteiger partial charge is 0.262 e. The summed E-state index contributed by atoms with van der Waals surface area (Å²) in [6.45, 7) is 2.36. The van der Waals surface area contributed by atoms with Gasteiger partial charge < -0.3 is 10.1 Å². The van der Waals surface area contributed by atoms with Crippen LogP contribution in [0.4, 0.5) is 0 Å². The number of aromatic nitrogens is 4. The molecule has 7 nitrogen and oxygen atoms in total. The first-order valence-electron chi connectivity index (χ1n) is 11.0. The van der Waals surface area contributed by atoms with Gasteiger partial charge >= 0.3 is 0 Å². The van der Waals surface area contributed by atoms with Crippen molar-refractivity contribution in [2.45, 2.75) is 18.6 Å². The first-order chi connectivity index (χ1) is 17.0. The lowest BCUT2D eigenvalue weighted by Gasteiger charge is -2.13. The van der Waals surface area contributed by atoms with Crippen LogP contribution in [-0.2, 0) is 6.54 Å². The molecule has 0 spiro atoms. The Hall–Kier alpha value is -4.35. The van der Waals surface area contributed by atoms with E-state index in [4.69, 9.17) is 4.98 Å². The fourth-order valence-corrected chi connectivity index (χ4v) is 4.68. The number of hydrogen-bond donors (Lipinski definition) is 2. The van der Waals surface area contributed by atoms with Gasteiger partial charge in [-0.2, -0.15) is 5.26 Å². The van der Waals surface area contributed by atoms with E-state index in [1.807, 2.05) is 73.7 Å². The largest absolute Gasteiger partial charge is 0.510 e.